The van der Waals surface area contributed by atoms with Crippen molar-refractivity contribution in [2.75, 3.05) is 6.61 Å². The van der Waals surface area contributed by atoms with Crippen molar-refractivity contribution in [2.45, 2.75) is 302 Å². The maximum Gasteiger partial charge on any atom is 0.306 e. The lowest BCUT2D eigenvalue weighted by Gasteiger charge is -2.24. The molecule has 0 aliphatic rings. The third-order valence-corrected chi connectivity index (χ3v) is 13.0. The number of esters is 1. The minimum Gasteiger partial charge on any atom is -0.462 e. The van der Waals surface area contributed by atoms with Crippen LogP contribution >= 0.6 is 0 Å². The van der Waals surface area contributed by atoms with Gasteiger partial charge >= 0.3 is 5.97 Å². The Morgan fingerprint density at radius 1 is 0.441 bits per heavy atom. The molecule has 0 bridgehead atoms. The molecule has 0 spiro atoms. The lowest BCUT2D eigenvalue weighted by atomic mass is 10.0. The van der Waals surface area contributed by atoms with Crippen molar-refractivity contribution in [1.29, 1.82) is 0 Å². The number of aliphatic hydroxyl groups is 2. The Bertz CT molecular complexity index is 1250. The Balaban J connectivity index is 4.64. The Hall–Kier alpha value is -2.70. The Morgan fingerprint density at radius 3 is 1.22 bits per heavy atom. The maximum atomic E-state index is 13.3. The van der Waals surface area contributed by atoms with E-state index in [9.17, 15) is 19.8 Å². The highest BCUT2D eigenvalue weighted by Gasteiger charge is 2.24. The molecule has 0 heterocycles. The molecule has 0 aromatic heterocycles. The first-order valence-electron chi connectivity index (χ1n) is 29.2. The molecule has 394 valence electrons. The first kappa shape index (κ1) is 65.3. The van der Waals surface area contributed by atoms with Crippen LogP contribution < -0.4 is 5.32 Å². The Labute approximate surface area is 421 Å². The molecule has 3 N–H and O–H groups in total. The predicted molar refractivity (Wildman–Crippen MR) is 296 cm³/mol. The number of amides is 1. The second kappa shape index (κ2) is 55.2. The topological polar surface area (TPSA) is 95.9 Å². The lowest BCUT2D eigenvalue weighted by molar-refractivity contribution is -0.151. The molecular formula is C62H111NO5. The molecule has 0 rings (SSSR count). The highest BCUT2D eigenvalue weighted by atomic mass is 16.5. The van der Waals surface area contributed by atoms with E-state index in [-0.39, 0.29) is 24.9 Å². The number of hydrogen-bond acceptors (Lipinski definition) is 5. The molecule has 0 aromatic carbocycles. The van der Waals surface area contributed by atoms with E-state index < -0.39 is 18.2 Å². The molecule has 0 saturated heterocycles. The summed E-state index contributed by atoms with van der Waals surface area (Å²) in [6.45, 7) is 6.38. The van der Waals surface area contributed by atoms with Gasteiger partial charge in [0.15, 0.2) is 0 Å². The van der Waals surface area contributed by atoms with Crippen LogP contribution in [0.15, 0.2) is 72.9 Å². The van der Waals surface area contributed by atoms with E-state index in [1.165, 1.54) is 141 Å². The van der Waals surface area contributed by atoms with Crippen LogP contribution in [0.2, 0.25) is 0 Å². The number of rotatable bonds is 52. The van der Waals surface area contributed by atoms with E-state index in [2.05, 4.69) is 99.0 Å². The lowest BCUT2D eigenvalue weighted by Crippen LogP contribution is -2.46. The number of hydrogen-bond donors (Lipinski definition) is 3. The normalized spacial score (nSPS) is 13.7. The fourth-order valence-corrected chi connectivity index (χ4v) is 8.63. The molecular weight excluding hydrogens is 839 g/mol. The van der Waals surface area contributed by atoms with E-state index in [1.807, 2.05) is 0 Å². The van der Waals surface area contributed by atoms with Crippen LogP contribution in [0.4, 0.5) is 0 Å². The first-order valence-corrected chi connectivity index (χ1v) is 29.2. The summed E-state index contributed by atoms with van der Waals surface area (Å²) in [5, 5.41) is 23.9. The fourth-order valence-electron chi connectivity index (χ4n) is 8.63. The van der Waals surface area contributed by atoms with Gasteiger partial charge in [0.2, 0.25) is 5.91 Å². The van der Waals surface area contributed by atoms with Gasteiger partial charge in [-0.05, 0) is 96.3 Å². The molecule has 0 aromatic rings. The number of carbonyl (C=O) groups excluding carboxylic acids is 2. The van der Waals surface area contributed by atoms with Gasteiger partial charge in [-0.2, -0.15) is 0 Å². The van der Waals surface area contributed by atoms with Crippen LogP contribution in [0.25, 0.3) is 0 Å². The summed E-state index contributed by atoms with van der Waals surface area (Å²) in [6, 6.07) is -0.713. The average molecular weight is 951 g/mol. The zero-order valence-electron chi connectivity index (χ0n) is 45.0. The quantitative estimate of drug-likeness (QED) is 0.0321. The minimum absolute atomic E-state index is 0.0597. The van der Waals surface area contributed by atoms with Crippen molar-refractivity contribution >= 4 is 11.9 Å². The van der Waals surface area contributed by atoms with E-state index in [0.717, 1.165) is 96.3 Å². The largest absolute Gasteiger partial charge is 0.462 e. The van der Waals surface area contributed by atoms with E-state index in [1.54, 1.807) is 0 Å². The van der Waals surface area contributed by atoms with Crippen LogP contribution in [0, 0.1) is 0 Å². The minimum atomic E-state index is -0.798. The number of unbranched alkanes of at least 4 members (excludes halogenated alkanes) is 28. The van der Waals surface area contributed by atoms with Crippen LogP contribution in [0.3, 0.4) is 0 Å². The molecule has 3 unspecified atom stereocenters. The standard InChI is InChI=1S/C62H111NO5/c1-4-7-10-13-16-19-22-25-27-29-30-32-34-37-40-43-46-49-52-55-62(67)68-58(53-50-47-44-41-38-36-33-31-28-26-23-20-17-14-11-8-5-2)56-61(66)63-59(57-64)60(65)54-51-48-45-42-39-35-24-21-18-15-12-9-6-3/h7,10,16,19,25-28,30,32,37,40,58-60,64-65H,4-6,8-9,11-15,17-18,20-24,29,31,33-36,38-39,41-57H2,1-3H3,(H,63,66)/b10-7-,19-16-,27-25-,28-26+,32-30-,40-37-. The van der Waals surface area contributed by atoms with E-state index in [4.69, 9.17) is 4.74 Å². The Kier molecular flexibility index (Phi) is 53.0. The second-order valence-corrected chi connectivity index (χ2v) is 19.7. The van der Waals surface area contributed by atoms with Crippen LogP contribution in [0.1, 0.15) is 284 Å². The van der Waals surface area contributed by atoms with Crippen LogP contribution in [0.5, 0.6) is 0 Å². The van der Waals surface area contributed by atoms with Crippen molar-refractivity contribution in [1.82, 2.24) is 5.32 Å². The number of aliphatic hydroxyl groups excluding tert-OH is 2. The van der Waals surface area contributed by atoms with Gasteiger partial charge in [-0.25, -0.2) is 0 Å². The van der Waals surface area contributed by atoms with Gasteiger partial charge in [0.25, 0.3) is 0 Å². The number of nitrogens with one attached hydrogen (secondary N) is 1. The van der Waals surface area contributed by atoms with Gasteiger partial charge < -0.3 is 20.3 Å². The summed E-state index contributed by atoms with van der Waals surface area (Å²) in [5.41, 5.74) is 0. The molecule has 0 saturated carbocycles. The zero-order chi connectivity index (χ0) is 49.5. The second-order valence-electron chi connectivity index (χ2n) is 19.7. The van der Waals surface area contributed by atoms with Crippen molar-refractivity contribution in [2.24, 2.45) is 0 Å². The number of ether oxygens (including phenoxy) is 1. The number of carbonyl (C=O) groups is 2. The molecule has 0 aliphatic carbocycles. The summed E-state index contributed by atoms with van der Waals surface area (Å²) in [6.07, 6.45) is 71.1. The van der Waals surface area contributed by atoms with Gasteiger partial charge in [-0.15, -0.1) is 0 Å². The van der Waals surface area contributed by atoms with Crippen molar-refractivity contribution in [3.63, 3.8) is 0 Å². The van der Waals surface area contributed by atoms with Gasteiger partial charge in [-0.1, -0.05) is 248 Å². The summed E-state index contributed by atoms with van der Waals surface area (Å²) >= 11 is 0. The van der Waals surface area contributed by atoms with Crippen LogP contribution in [-0.2, 0) is 14.3 Å². The maximum absolute atomic E-state index is 13.3. The molecule has 68 heavy (non-hydrogen) atoms. The van der Waals surface area contributed by atoms with Gasteiger partial charge in [-0.3, -0.25) is 9.59 Å². The SMILES string of the molecule is CC/C=C\C/C=C\C/C=C\C/C=C\C/C=C\CCCCCC(=O)OC(CCCCCCCCC/C=C/CCCCCCCC)CC(=O)NC(CO)C(O)CCCCCCCCCCCCCCC. The van der Waals surface area contributed by atoms with Gasteiger partial charge in [0.1, 0.15) is 6.10 Å². The molecule has 6 heteroatoms. The molecule has 0 fully saturated rings. The predicted octanol–water partition coefficient (Wildman–Crippen LogP) is 18.1. The monoisotopic (exact) mass is 950 g/mol. The molecule has 0 radical (unpaired) electrons. The smallest absolute Gasteiger partial charge is 0.306 e. The average Bonchev–Trinajstić information content (AvgIpc) is 3.33. The molecule has 3 atom stereocenters. The van der Waals surface area contributed by atoms with Crippen LogP contribution in [-0.4, -0.2) is 46.9 Å². The fraction of sp³-hybridized carbons (Fsp3) is 0.774. The summed E-state index contributed by atoms with van der Waals surface area (Å²) in [5.74, 6) is -0.510. The summed E-state index contributed by atoms with van der Waals surface area (Å²) in [4.78, 5) is 26.3. The molecule has 1 amide bonds. The van der Waals surface area contributed by atoms with Gasteiger partial charge in [0.05, 0.1) is 25.2 Å². The van der Waals surface area contributed by atoms with Gasteiger partial charge in [0, 0.05) is 6.42 Å². The number of allylic oxidation sites excluding steroid dienone is 12. The van der Waals surface area contributed by atoms with E-state index in [0.29, 0.717) is 19.3 Å². The highest BCUT2D eigenvalue weighted by Crippen LogP contribution is 2.18. The third kappa shape index (κ3) is 49.7. The third-order valence-electron chi connectivity index (χ3n) is 13.0. The molecule has 0 aliphatic heterocycles. The summed E-state index contributed by atoms with van der Waals surface area (Å²) < 4.78 is 5.95. The van der Waals surface area contributed by atoms with E-state index >= 15 is 0 Å². The first-order chi connectivity index (χ1) is 33.5. The summed E-state index contributed by atoms with van der Waals surface area (Å²) in [7, 11) is 0. The van der Waals surface area contributed by atoms with Crippen molar-refractivity contribution < 1.29 is 24.5 Å². The van der Waals surface area contributed by atoms with Crippen molar-refractivity contribution in [3.8, 4) is 0 Å². The zero-order valence-corrected chi connectivity index (χ0v) is 45.0. The molecule has 6 nitrogen and oxygen atoms in total. The van der Waals surface area contributed by atoms with Crippen molar-refractivity contribution in [3.05, 3.63) is 72.9 Å². The highest BCUT2D eigenvalue weighted by molar-refractivity contribution is 5.77. The Morgan fingerprint density at radius 2 is 0.794 bits per heavy atom.